The van der Waals surface area contributed by atoms with Crippen molar-refractivity contribution in [3.05, 3.63) is 59.7 Å². The van der Waals surface area contributed by atoms with Gasteiger partial charge in [0.1, 0.15) is 11.8 Å². The molecule has 0 aliphatic rings. The lowest BCUT2D eigenvalue weighted by atomic mass is 10.1. The fraction of sp³-hybridized carbons (Fsp3) is 0.500. The van der Waals surface area contributed by atoms with Crippen LogP contribution in [0.5, 0.6) is 5.75 Å². The van der Waals surface area contributed by atoms with Gasteiger partial charge in [-0.05, 0) is 58.2 Å². The molecule has 0 bridgehead atoms. The number of hydrogen-bond donors (Lipinski definition) is 1. The van der Waals surface area contributed by atoms with Crippen LogP contribution in [0.1, 0.15) is 58.1 Å². The van der Waals surface area contributed by atoms with Crippen molar-refractivity contribution in [2.75, 3.05) is 23.7 Å². The number of carbonyl (C=O) groups excluding carboxylic acids is 2. The van der Waals surface area contributed by atoms with E-state index in [1.807, 2.05) is 52.0 Å². The molecule has 2 aromatic carbocycles. The van der Waals surface area contributed by atoms with Gasteiger partial charge in [0.15, 0.2) is 0 Å². The van der Waals surface area contributed by atoms with E-state index in [0.717, 1.165) is 23.8 Å². The lowest BCUT2D eigenvalue weighted by molar-refractivity contribution is -0.140. The predicted octanol–water partition coefficient (Wildman–Crippen LogP) is 4.27. The normalized spacial score (nSPS) is 12.9. The maximum atomic E-state index is 13.4. The van der Waals surface area contributed by atoms with Gasteiger partial charge in [-0.25, -0.2) is 8.42 Å². The van der Waals surface area contributed by atoms with Gasteiger partial charge in [-0.15, -0.1) is 0 Å². The first-order valence-electron chi connectivity index (χ1n) is 12.8. The van der Waals surface area contributed by atoms with Crippen molar-refractivity contribution in [1.82, 2.24) is 10.2 Å². The summed E-state index contributed by atoms with van der Waals surface area (Å²) in [6.07, 6.45) is 2.31. The van der Waals surface area contributed by atoms with Crippen LogP contribution in [-0.2, 0) is 26.2 Å². The molecular formula is C28H41N3O5S. The lowest BCUT2D eigenvalue weighted by Gasteiger charge is -2.30. The molecule has 0 aliphatic heterocycles. The number of ether oxygens (including phenoxy) is 1. The molecule has 1 N–H and O–H groups in total. The van der Waals surface area contributed by atoms with Gasteiger partial charge < -0.3 is 15.0 Å². The van der Waals surface area contributed by atoms with E-state index in [4.69, 9.17) is 4.74 Å². The van der Waals surface area contributed by atoms with Gasteiger partial charge in [-0.1, -0.05) is 48.9 Å². The summed E-state index contributed by atoms with van der Waals surface area (Å²) >= 11 is 0. The van der Waals surface area contributed by atoms with E-state index in [9.17, 15) is 18.0 Å². The van der Waals surface area contributed by atoms with Crippen molar-refractivity contribution in [2.45, 2.75) is 72.5 Å². The third-order valence-corrected chi connectivity index (χ3v) is 7.41. The molecule has 2 atom stereocenters. The Bertz CT molecular complexity index is 1130. The monoisotopic (exact) mass is 531 g/mol. The summed E-state index contributed by atoms with van der Waals surface area (Å²) in [5.41, 5.74) is 2.47. The molecule has 0 aliphatic carbocycles. The van der Waals surface area contributed by atoms with Crippen molar-refractivity contribution >= 4 is 27.5 Å². The Labute approximate surface area is 222 Å². The summed E-state index contributed by atoms with van der Waals surface area (Å²) in [6.45, 7) is 10.3. The Morgan fingerprint density at radius 3 is 2.27 bits per heavy atom. The van der Waals surface area contributed by atoms with Gasteiger partial charge in [-0.2, -0.15) is 0 Å². The Kier molecular flexibility index (Phi) is 11.4. The Hall–Kier alpha value is -3.07. The maximum Gasteiger partial charge on any atom is 0.242 e. The van der Waals surface area contributed by atoms with Crippen LogP contribution in [0.3, 0.4) is 0 Å². The summed E-state index contributed by atoms with van der Waals surface area (Å²) in [7, 11) is -3.61. The quantitative estimate of drug-likeness (QED) is 0.393. The highest BCUT2D eigenvalue weighted by Crippen LogP contribution is 2.30. The third kappa shape index (κ3) is 9.07. The zero-order valence-corrected chi connectivity index (χ0v) is 23.7. The zero-order valence-electron chi connectivity index (χ0n) is 22.9. The Morgan fingerprint density at radius 1 is 1.03 bits per heavy atom. The van der Waals surface area contributed by atoms with Crippen LogP contribution in [0.2, 0.25) is 0 Å². The first-order valence-corrected chi connectivity index (χ1v) is 14.7. The standard InChI is InChI=1S/C28H41N3O5S/c1-7-22(4)29-28(33)23(5)30(20-24-17-15-21(3)16-18-24)27(32)14-11-19-31(37(6,34)35)25-12-9-10-13-26(25)36-8-2/h9-10,12-13,15-18,22-23H,7-8,11,14,19-20H2,1-6H3,(H,29,33)/t22-,23-/m0/s1. The van der Waals surface area contributed by atoms with Crippen LogP contribution in [0, 0.1) is 6.92 Å². The fourth-order valence-electron chi connectivity index (χ4n) is 3.86. The SMILES string of the molecule is CCOc1ccccc1N(CCCC(=O)N(Cc1ccc(C)cc1)[C@@H](C)C(=O)N[C@@H](C)CC)S(C)(=O)=O. The Morgan fingerprint density at radius 2 is 1.68 bits per heavy atom. The molecule has 0 saturated heterocycles. The molecule has 0 radical (unpaired) electrons. The molecule has 2 amide bonds. The number of rotatable bonds is 14. The van der Waals surface area contributed by atoms with Crippen LogP contribution < -0.4 is 14.4 Å². The van der Waals surface area contributed by atoms with Crippen molar-refractivity contribution in [2.24, 2.45) is 0 Å². The molecule has 0 fully saturated rings. The number of nitrogens with one attached hydrogen (secondary N) is 1. The van der Waals surface area contributed by atoms with E-state index in [2.05, 4.69) is 5.32 Å². The van der Waals surface area contributed by atoms with E-state index in [1.54, 1.807) is 36.1 Å². The van der Waals surface area contributed by atoms with Crippen LogP contribution >= 0.6 is 0 Å². The molecular weight excluding hydrogens is 490 g/mol. The number of hydrogen-bond acceptors (Lipinski definition) is 5. The molecule has 0 heterocycles. The summed E-state index contributed by atoms with van der Waals surface area (Å²) < 4.78 is 32.1. The van der Waals surface area contributed by atoms with Gasteiger partial charge in [0, 0.05) is 25.6 Å². The highest BCUT2D eigenvalue weighted by atomic mass is 32.2. The van der Waals surface area contributed by atoms with Crippen molar-refractivity contribution in [3.63, 3.8) is 0 Å². The smallest absolute Gasteiger partial charge is 0.242 e. The average Bonchev–Trinajstić information content (AvgIpc) is 2.85. The minimum atomic E-state index is -3.61. The molecule has 0 saturated carbocycles. The van der Waals surface area contributed by atoms with Gasteiger partial charge in [0.25, 0.3) is 0 Å². The van der Waals surface area contributed by atoms with Crippen LogP contribution in [-0.4, -0.2) is 56.6 Å². The molecule has 204 valence electrons. The highest BCUT2D eigenvalue weighted by molar-refractivity contribution is 7.92. The largest absolute Gasteiger partial charge is 0.492 e. The van der Waals surface area contributed by atoms with Crippen LogP contribution in [0.25, 0.3) is 0 Å². The van der Waals surface area contributed by atoms with Gasteiger partial charge in [-0.3, -0.25) is 13.9 Å². The van der Waals surface area contributed by atoms with Crippen LogP contribution in [0.15, 0.2) is 48.5 Å². The van der Waals surface area contributed by atoms with E-state index >= 15 is 0 Å². The number of nitrogens with zero attached hydrogens (tertiary/aromatic N) is 2. The van der Waals surface area contributed by atoms with E-state index in [1.165, 1.54) is 4.31 Å². The molecule has 37 heavy (non-hydrogen) atoms. The maximum absolute atomic E-state index is 13.4. The summed E-state index contributed by atoms with van der Waals surface area (Å²) in [5, 5.41) is 2.96. The van der Waals surface area contributed by atoms with E-state index in [-0.39, 0.29) is 43.8 Å². The number of carbonyl (C=O) groups is 2. The lowest BCUT2D eigenvalue weighted by Crippen LogP contribution is -2.49. The molecule has 2 aromatic rings. The van der Waals surface area contributed by atoms with Gasteiger partial charge in [0.2, 0.25) is 21.8 Å². The molecule has 0 unspecified atom stereocenters. The first-order chi connectivity index (χ1) is 17.5. The second-order valence-electron chi connectivity index (χ2n) is 9.34. The summed E-state index contributed by atoms with van der Waals surface area (Å²) in [4.78, 5) is 27.9. The topological polar surface area (TPSA) is 96.0 Å². The summed E-state index contributed by atoms with van der Waals surface area (Å²) in [5.74, 6) is 0.0511. The molecule has 0 spiro atoms. The van der Waals surface area contributed by atoms with E-state index < -0.39 is 16.1 Å². The zero-order chi connectivity index (χ0) is 27.6. The van der Waals surface area contributed by atoms with E-state index in [0.29, 0.717) is 18.0 Å². The van der Waals surface area contributed by atoms with Crippen molar-refractivity contribution in [3.8, 4) is 5.75 Å². The van der Waals surface area contributed by atoms with Crippen LogP contribution in [0.4, 0.5) is 5.69 Å². The molecule has 8 nitrogen and oxygen atoms in total. The van der Waals surface area contributed by atoms with Crippen molar-refractivity contribution < 1.29 is 22.7 Å². The minimum Gasteiger partial charge on any atom is -0.492 e. The number of sulfonamides is 1. The number of para-hydroxylation sites is 2. The third-order valence-electron chi connectivity index (χ3n) is 6.23. The number of anilines is 1. The van der Waals surface area contributed by atoms with Crippen molar-refractivity contribution in [1.29, 1.82) is 0 Å². The number of aryl methyl sites for hydroxylation is 1. The number of benzene rings is 2. The fourth-order valence-corrected chi connectivity index (χ4v) is 4.83. The highest BCUT2D eigenvalue weighted by Gasteiger charge is 2.27. The molecule has 0 aromatic heterocycles. The van der Waals surface area contributed by atoms with Gasteiger partial charge in [0.05, 0.1) is 18.6 Å². The molecule has 9 heteroatoms. The molecule has 2 rings (SSSR count). The second-order valence-corrected chi connectivity index (χ2v) is 11.2. The Balaban J connectivity index is 2.20. The first kappa shape index (κ1) is 30.2. The predicted molar refractivity (Wildman–Crippen MR) is 148 cm³/mol. The van der Waals surface area contributed by atoms with Gasteiger partial charge >= 0.3 is 0 Å². The minimum absolute atomic E-state index is 0.00000354. The second kappa shape index (κ2) is 14.0. The summed E-state index contributed by atoms with van der Waals surface area (Å²) in [6, 6.07) is 14.1. The number of amides is 2. The average molecular weight is 532 g/mol.